The summed E-state index contributed by atoms with van der Waals surface area (Å²) in [5.74, 6) is 0. The summed E-state index contributed by atoms with van der Waals surface area (Å²) < 4.78 is 0.324. The largest absolute Gasteiger partial charge is 0.395 e. The summed E-state index contributed by atoms with van der Waals surface area (Å²) in [6.45, 7) is 0.596. The van der Waals surface area contributed by atoms with Crippen molar-refractivity contribution in [3.8, 4) is 0 Å². The molecule has 0 aromatic rings. The third-order valence-corrected chi connectivity index (χ3v) is 6.82. The zero-order valence-electron chi connectivity index (χ0n) is 6.95. The summed E-state index contributed by atoms with van der Waals surface area (Å²) in [4.78, 5) is 0. The molecule has 0 unspecified atom stereocenters. The molecular weight excluding hydrogens is 192 g/mol. The van der Waals surface area contributed by atoms with Crippen LogP contribution in [-0.4, -0.2) is 32.9 Å². The van der Waals surface area contributed by atoms with Crippen molar-refractivity contribution >= 4 is 21.6 Å². The highest BCUT2D eigenvalue weighted by Gasteiger charge is 2.49. The number of aliphatic hydroxyl groups is 2. The maximum atomic E-state index is 9.05. The van der Waals surface area contributed by atoms with Gasteiger partial charge in [-0.15, -0.1) is 0 Å². The number of rotatable bonds is 5. The van der Waals surface area contributed by atoms with Gasteiger partial charge in [-0.25, -0.2) is 0 Å². The lowest BCUT2D eigenvalue weighted by Crippen LogP contribution is -2.12. The molecule has 2 rings (SSSR count). The molecule has 2 nitrogen and oxygen atoms in total. The van der Waals surface area contributed by atoms with Crippen molar-refractivity contribution in [2.75, 3.05) is 13.2 Å². The fourth-order valence-electron chi connectivity index (χ4n) is 0.991. The van der Waals surface area contributed by atoms with Crippen LogP contribution in [0.2, 0.25) is 0 Å². The van der Waals surface area contributed by atoms with Crippen LogP contribution in [0.1, 0.15) is 25.7 Å². The summed E-state index contributed by atoms with van der Waals surface area (Å²) in [7, 11) is 3.58. The second kappa shape index (κ2) is 3.08. The van der Waals surface area contributed by atoms with Gasteiger partial charge >= 0.3 is 0 Å². The lowest BCUT2D eigenvalue weighted by atomic mass is 10.5. The molecule has 0 saturated heterocycles. The number of aliphatic hydroxyl groups excluding tert-OH is 2. The van der Waals surface area contributed by atoms with Crippen LogP contribution in [0.15, 0.2) is 0 Å². The summed E-state index contributed by atoms with van der Waals surface area (Å²) in [5.41, 5.74) is 0. The van der Waals surface area contributed by atoms with Gasteiger partial charge in [0.2, 0.25) is 0 Å². The average Bonchev–Trinajstić information content (AvgIpc) is 3.00. The van der Waals surface area contributed by atoms with Crippen LogP contribution in [0.5, 0.6) is 0 Å². The van der Waals surface area contributed by atoms with E-state index in [1.807, 2.05) is 0 Å². The highest BCUT2D eigenvalue weighted by molar-refractivity contribution is 8.77. The van der Waals surface area contributed by atoms with Gasteiger partial charge in [-0.05, 0) is 25.7 Å². The van der Waals surface area contributed by atoms with Gasteiger partial charge in [0.1, 0.15) is 0 Å². The summed E-state index contributed by atoms with van der Waals surface area (Å²) in [6.07, 6.45) is 4.57. The van der Waals surface area contributed by atoms with Crippen molar-refractivity contribution in [2.45, 2.75) is 35.2 Å². The second-order valence-electron chi connectivity index (χ2n) is 3.85. The van der Waals surface area contributed by atoms with Crippen molar-refractivity contribution in [3.63, 3.8) is 0 Å². The maximum Gasteiger partial charge on any atom is 0.0586 e. The van der Waals surface area contributed by atoms with E-state index in [9.17, 15) is 0 Å². The van der Waals surface area contributed by atoms with E-state index in [0.29, 0.717) is 13.2 Å². The third kappa shape index (κ3) is 1.76. The lowest BCUT2D eigenvalue weighted by Gasteiger charge is -2.15. The van der Waals surface area contributed by atoms with E-state index < -0.39 is 0 Å². The topological polar surface area (TPSA) is 40.5 Å². The smallest absolute Gasteiger partial charge is 0.0586 e. The molecule has 0 atom stereocenters. The van der Waals surface area contributed by atoms with Gasteiger partial charge in [0.15, 0.2) is 0 Å². The molecule has 2 aliphatic rings. The molecule has 0 aromatic heterocycles. The molecule has 0 amide bonds. The Balaban J connectivity index is 1.75. The monoisotopic (exact) mass is 206 g/mol. The first-order valence-electron chi connectivity index (χ1n) is 4.33. The van der Waals surface area contributed by atoms with E-state index in [4.69, 9.17) is 10.2 Å². The molecule has 4 heteroatoms. The van der Waals surface area contributed by atoms with E-state index in [1.54, 1.807) is 21.6 Å². The Morgan fingerprint density at radius 1 is 0.833 bits per heavy atom. The Bertz CT molecular complexity index is 156. The number of hydrogen-bond donors (Lipinski definition) is 2. The molecule has 70 valence electrons. The van der Waals surface area contributed by atoms with Crippen molar-refractivity contribution in [2.24, 2.45) is 0 Å². The molecule has 0 heterocycles. The molecule has 2 fully saturated rings. The predicted molar refractivity (Wildman–Crippen MR) is 53.3 cm³/mol. The first-order chi connectivity index (χ1) is 5.74. The zero-order chi connectivity index (χ0) is 8.66. The molecule has 12 heavy (non-hydrogen) atoms. The Hall–Kier alpha value is 0.620. The van der Waals surface area contributed by atoms with Gasteiger partial charge < -0.3 is 10.2 Å². The molecule has 2 aliphatic carbocycles. The molecule has 2 saturated carbocycles. The lowest BCUT2D eigenvalue weighted by molar-refractivity contribution is 0.288. The molecule has 0 bridgehead atoms. The highest BCUT2D eigenvalue weighted by Crippen LogP contribution is 2.61. The molecule has 0 aliphatic heterocycles. The summed E-state index contributed by atoms with van der Waals surface area (Å²) in [5, 5.41) is 18.1. The van der Waals surface area contributed by atoms with Crippen LogP contribution in [-0.2, 0) is 0 Å². The SMILES string of the molecule is OCC1(SSC2(CO)CC2)CC1. The van der Waals surface area contributed by atoms with Crippen molar-refractivity contribution in [1.29, 1.82) is 0 Å². The second-order valence-corrected chi connectivity index (χ2v) is 6.91. The third-order valence-electron chi connectivity index (χ3n) is 2.59. The van der Waals surface area contributed by atoms with Crippen LogP contribution in [0.25, 0.3) is 0 Å². The van der Waals surface area contributed by atoms with Crippen LogP contribution in [0.3, 0.4) is 0 Å². The average molecular weight is 206 g/mol. The van der Waals surface area contributed by atoms with Gasteiger partial charge in [0, 0.05) is 9.49 Å². The van der Waals surface area contributed by atoms with E-state index in [-0.39, 0.29) is 9.49 Å². The fraction of sp³-hybridized carbons (Fsp3) is 1.00. The van der Waals surface area contributed by atoms with Crippen LogP contribution in [0, 0.1) is 0 Å². The maximum absolute atomic E-state index is 9.05. The minimum absolute atomic E-state index is 0.162. The molecule has 0 spiro atoms. The predicted octanol–water partition coefficient (Wildman–Crippen LogP) is 1.42. The number of hydrogen-bond acceptors (Lipinski definition) is 4. The van der Waals surface area contributed by atoms with Crippen LogP contribution < -0.4 is 0 Å². The van der Waals surface area contributed by atoms with Crippen molar-refractivity contribution < 1.29 is 10.2 Å². The molecule has 0 aromatic carbocycles. The first kappa shape index (κ1) is 9.19. The zero-order valence-corrected chi connectivity index (χ0v) is 8.59. The van der Waals surface area contributed by atoms with Crippen molar-refractivity contribution in [1.82, 2.24) is 0 Å². The van der Waals surface area contributed by atoms with Gasteiger partial charge in [-0.3, -0.25) is 0 Å². The van der Waals surface area contributed by atoms with E-state index in [2.05, 4.69) is 0 Å². The Labute approximate surface area is 80.5 Å². The van der Waals surface area contributed by atoms with E-state index >= 15 is 0 Å². The molecule has 2 N–H and O–H groups in total. The first-order valence-corrected chi connectivity index (χ1v) is 6.48. The Morgan fingerprint density at radius 2 is 1.17 bits per heavy atom. The Kier molecular flexibility index (Phi) is 2.36. The normalized spacial score (nSPS) is 28.5. The highest BCUT2D eigenvalue weighted by atomic mass is 33.1. The van der Waals surface area contributed by atoms with Gasteiger partial charge in [-0.1, -0.05) is 21.6 Å². The van der Waals surface area contributed by atoms with Crippen LogP contribution >= 0.6 is 21.6 Å². The van der Waals surface area contributed by atoms with Gasteiger partial charge in [-0.2, -0.15) is 0 Å². The quantitative estimate of drug-likeness (QED) is 0.667. The minimum atomic E-state index is 0.162. The molecular formula is C8H14O2S2. The van der Waals surface area contributed by atoms with E-state index in [0.717, 1.165) is 25.7 Å². The standard InChI is InChI=1S/C8H14O2S2/c9-5-7(1-2-7)11-12-8(6-10)3-4-8/h9-10H,1-6H2. The van der Waals surface area contributed by atoms with Gasteiger partial charge in [0.25, 0.3) is 0 Å². The fourth-order valence-corrected chi connectivity index (χ4v) is 4.36. The van der Waals surface area contributed by atoms with Gasteiger partial charge in [0.05, 0.1) is 13.2 Å². The van der Waals surface area contributed by atoms with E-state index in [1.165, 1.54) is 0 Å². The molecule has 0 radical (unpaired) electrons. The van der Waals surface area contributed by atoms with Crippen LogP contribution in [0.4, 0.5) is 0 Å². The van der Waals surface area contributed by atoms with Crippen molar-refractivity contribution in [3.05, 3.63) is 0 Å². The minimum Gasteiger partial charge on any atom is -0.395 e. The summed E-state index contributed by atoms with van der Waals surface area (Å²) >= 11 is 0. The Morgan fingerprint density at radius 3 is 1.33 bits per heavy atom. The summed E-state index contributed by atoms with van der Waals surface area (Å²) in [6, 6.07) is 0.